The average Bonchev–Trinajstić information content (AvgIpc) is 3.19. The fourth-order valence-corrected chi connectivity index (χ4v) is 4.51. The molecule has 2 N–H and O–H groups in total. The van der Waals surface area contributed by atoms with Crippen molar-refractivity contribution in [2.24, 2.45) is 11.8 Å². The SMILES string of the molecule is O=C(/C=C/c1cnc[nH]1)C1C(=O)NC2CCCCC2C1c1ccccc1. The van der Waals surface area contributed by atoms with Gasteiger partial charge >= 0.3 is 0 Å². The fraction of sp³-hybridized carbons (Fsp3) is 0.381. The van der Waals surface area contributed by atoms with Crippen LogP contribution in [0.3, 0.4) is 0 Å². The molecule has 26 heavy (non-hydrogen) atoms. The van der Waals surface area contributed by atoms with E-state index in [1.54, 1.807) is 18.6 Å². The first kappa shape index (κ1) is 16.8. The molecule has 1 aromatic carbocycles. The van der Waals surface area contributed by atoms with Gasteiger partial charge in [-0.25, -0.2) is 4.98 Å². The minimum Gasteiger partial charge on any atom is -0.352 e. The zero-order chi connectivity index (χ0) is 17.9. The number of fused-ring (bicyclic) bond motifs is 1. The third kappa shape index (κ3) is 3.21. The van der Waals surface area contributed by atoms with Crippen LogP contribution in [0.1, 0.15) is 42.9 Å². The van der Waals surface area contributed by atoms with Crippen LogP contribution in [0.4, 0.5) is 0 Å². The van der Waals surface area contributed by atoms with Crippen molar-refractivity contribution in [2.45, 2.75) is 37.6 Å². The number of aromatic nitrogens is 2. The highest BCUT2D eigenvalue weighted by Gasteiger charge is 2.47. The third-order valence-corrected chi connectivity index (χ3v) is 5.69. The van der Waals surface area contributed by atoms with E-state index in [4.69, 9.17) is 0 Å². The van der Waals surface area contributed by atoms with E-state index in [2.05, 4.69) is 15.3 Å². The Hall–Kier alpha value is -2.69. The summed E-state index contributed by atoms with van der Waals surface area (Å²) in [5.74, 6) is -0.695. The molecular weight excluding hydrogens is 326 g/mol. The Morgan fingerprint density at radius 1 is 1.15 bits per heavy atom. The predicted molar refractivity (Wildman–Crippen MR) is 99.2 cm³/mol. The van der Waals surface area contributed by atoms with Crippen LogP contribution in [0.2, 0.25) is 0 Å². The molecule has 1 saturated heterocycles. The number of benzene rings is 1. The van der Waals surface area contributed by atoms with Gasteiger partial charge in [0.25, 0.3) is 0 Å². The molecule has 134 valence electrons. The number of carbonyl (C=O) groups is 2. The maximum Gasteiger partial charge on any atom is 0.231 e. The van der Waals surface area contributed by atoms with Crippen molar-refractivity contribution in [1.29, 1.82) is 0 Å². The highest BCUT2D eigenvalue weighted by atomic mass is 16.2. The topological polar surface area (TPSA) is 74.8 Å². The van der Waals surface area contributed by atoms with Crippen LogP contribution in [-0.2, 0) is 9.59 Å². The Kier molecular flexibility index (Phi) is 4.69. The molecule has 0 spiro atoms. The Bertz CT molecular complexity index is 798. The van der Waals surface area contributed by atoms with Crippen molar-refractivity contribution in [1.82, 2.24) is 15.3 Å². The summed E-state index contributed by atoms with van der Waals surface area (Å²) in [5, 5.41) is 3.13. The summed E-state index contributed by atoms with van der Waals surface area (Å²) >= 11 is 0. The summed E-state index contributed by atoms with van der Waals surface area (Å²) in [5.41, 5.74) is 1.84. The van der Waals surface area contributed by atoms with Gasteiger partial charge in [-0.2, -0.15) is 0 Å². The number of piperidine rings is 1. The summed E-state index contributed by atoms with van der Waals surface area (Å²) < 4.78 is 0. The van der Waals surface area contributed by atoms with Gasteiger partial charge in [0.2, 0.25) is 5.91 Å². The number of rotatable bonds is 4. The van der Waals surface area contributed by atoms with Crippen LogP contribution in [0.15, 0.2) is 48.9 Å². The highest BCUT2D eigenvalue weighted by Crippen LogP contribution is 2.44. The molecule has 4 atom stereocenters. The Labute approximate surface area is 152 Å². The van der Waals surface area contributed by atoms with Crippen molar-refractivity contribution in [2.75, 3.05) is 0 Å². The number of aromatic amines is 1. The molecule has 5 nitrogen and oxygen atoms in total. The number of carbonyl (C=O) groups excluding carboxylic acids is 2. The second kappa shape index (κ2) is 7.28. The van der Waals surface area contributed by atoms with Crippen LogP contribution >= 0.6 is 0 Å². The average molecular weight is 349 g/mol. The Morgan fingerprint density at radius 3 is 2.73 bits per heavy atom. The Morgan fingerprint density at radius 2 is 1.96 bits per heavy atom. The maximum atomic E-state index is 13.0. The third-order valence-electron chi connectivity index (χ3n) is 5.69. The van der Waals surface area contributed by atoms with E-state index in [1.807, 2.05) is 30.3 Å². The lowest BCUT2D eigenvalue weighted by molar-refractivity contribution is -0.137. The van der Waals surface area contributed by atoms with Crippen LogP contribution in [-0.4, -0.2) is 27.7 Å². The second-order valence-corrected chi connectivity index (χ2v) is 7.22. The number of ketones is 1. The van der Waals surface area contributed by atoms with Crippen LogP contribution in [0.5, 0.6) is 0 Å². The number of H-pyrrole nitrogens is 1. The van der Waals surface area contributed by atoms with Gasteiger partial charge in [-0.1, -0.05) is 43.2 Å². The molecule has 2 aromatic rings. The van der Waals surface area contributed by atoms with Gasteiger partial charge < -0.3 is 10.3 Å². The molecule has 1 amide bonds. The number of nitrogens with zero attached hydrogens (tertiary/aromatic N) is 1. The van der Waals surface area contributed by atoms with Gasteiger partial charge in [-0.05, 0) is 36.5 Å². The lowest BCUT2D eigenvalue weighted by Gasteiger charge is -2.45. The molecule has 1 aromatic heterocycles. The van der Waals surface area contributed by atoms with Crippen molar-refractivity contribution < 1.29 is 9.59 Å². The van der Waals surface area contributed by atoms with E-state index in [9.17, 15) is 9.59 Å². The first-order valence-electron chi connectivity index (χ1n) is 9.29. The van der Waals surface area contributed by atoms with Gasteiger partial charge in [0, 0.05) is 12.0 Å². The standard InChI is InChI=1S/C21H23N3O2/c25-18(11-10-15-12-22-13-23-15)20-19(14-6-2-1-3-7-14)16-8-4-5-9-17(16)24-21(20)26/h1-3,6-7,10-13,16-17,19-20H,4-5,8-9H2,(H,22,23)(H,24,26)/b11-10+. The van der Waals surface area contributed by atoms with E-state index in [0.717, 1.165) is 36.9 Å². The van der Waals surface area contributed by atoms with Gasteiger partial charge in [0.05, 0.1) is 18.2 Å². The van der Waals surface area contributed by atoms with Crippen molar-refractivity contribution in [3.63, 3.8) is 0 Å². The molecular formula is C21H23N3O2. The highest BCUT2D eigenvalue weighted by molar-refractivity contribution is 6.09. The summed E-state index contributed by atoms with van der Waals surface area (Å²) in [6.45, 7) is 0. The zero-order valence-corrected chi connectivity index (χ0v) is 14.6. The van der Waals surface area contributed by atoms with E-state index in [0.29, 0.717) is 5.92 Å². The monoisotopic (exact) mass is 349 g/mol. The lowest BCUT2D eigenvalue weighted by Crippen LogP contribution is -2.56. The molecule has 1 saturated carbocycles. The molecule has 1 aliphatic carbocycles. The number of imidazole rings is 1. The van der Waals surface area contributed by atoms with Crippen molar-refractivity contribution >= 4 is 17.8 Å². The van der Waals surface area contributed by atoms with Crippen LogP contribution in [0, 0.1) is 11.8 Å². The van der Waals surface area contributed by atoms with E-state index in [1.165, 1.54) is 6.08 Å². The van der Waals surface area contributed by atoms with Gasteiger partial charge in [0.15, 0.2) is 5.78 Å². The van der Waals surface area contributed by atoms with E-state index in [-0.39, 0.29) is 23.7 Å². The fourth-order valence-electron chi connectivity index (χ4n) is 4.51. The molecule has 4 rings (SSSR count). The van der Waals surface area contributed by atoms with E-state index < -0.39 is 5.92 Å². The molecule has 2 fully saturated rings. The molecule has 2 aliphatic rings. The quantitative estimate of drug-likeness (QED) is 0.658. The second-order valence-electron chi connectivity index (χ2n) is 7.22. The summed E-state index contributed by atoms with van der Waals surface area (Å²) in [4.78, 5) is 32.7. The number of amides is 1. The minimum absolute atomic E-state index is 0.0610. The van der Waals surface area contributed by atoms with Gasteiger partial charge in [-0.15, -0.1) is 0 Å². The zero-order valence-electron chi connectivity index (χ0n) is 14.6. The molecule has 5 heteroatoms. The summed E-state index contributed by atoms with van der Waals surface area (Å²) in [6, 6.07) is 10.2. The lowest BCUT2D eigenvalue weighted by atomic mass is 9.65. The molecule has 0 radical (unpaired) electrons. The molecule has 2 heterocycles. The molecule has 0 bridgehead atoms. The summed E-state index contributed by atoms with van der Waals surface area (Å²) in [7, 11) is 0. The van der Waals surface area contributed by atoms with Gasteiger partial charge in [0.1, 0.15) is 5.92 Å². The Balaban J connectivity index is 1.67. The molecule has 4 unspecified atom stereocenters. The normalized spacial score (nSPS) is 28.5. The number of hydrogen-bond donors (Lipinski definition) is 2. The first-order chi connectivity index (χ1) is 12.7. The number of allylic oxidation sites excluding steroid dienone is 1. The van der Waals surface area contributed by atoms with E-state index >= 15 is 0 Å². The van der Waals surface area contributed by atoms with Crippen molar-refractivity contribution in [3.8, 4) is 0 Å². The summed E-state index contributed by atoms with van der Waals surface area (Å²) in [6.07, 6.45) is 10.8. The predicted octanol–water partition coefficient (Wildman–Crippen LogP) is 3.08. The van der Waals surface area contributed by atoms with Gasteiger partial charge in [-0.3, -0.25) is 9.59 Å². The van der Waals surface area contributed by atoms with Crippen LogP contribution < -0.4 is 5.32 Å². The van der Waals surface area contributed by atoms with Crippen molar-refractivity contribution in [3.05, 3.63) is 60.2 Å². The largest absolute Gasteiger partial charge is 0.352 e. The number of hydrogen-bond acceptors (Lipinski definition) is 3. The molecule has 1 aliphatic heterocycles. The maximum absolute atomic E-state index is 13.0. The smallest absolute Gasteiger partial charge is 0.231 e. The first-order valence-corrected chi connectivity index (χ1v) is 9.29. The van der Waals surface area contributed by atoms with Crippen LogP contribution in [0.25, 0.3) is 6.08 Å². The number of nitrogens with one attached hydrogen (secondary N) is 2. The minimum atomic E-state index is -0.670.